The molecule has 25 heavy (non-hydrogen) atoms. The van der Waals surface area contributed by atoms with Gasteiger partial charge in [0.1, 0.15) is 17.5 Å². The second-order valence-electron chi connectivity index (χ2n) is 6.40. The van der Waals surface area contributed by atoms with Crippen molar-refractivity contribution in [1.82, 2.24) is 24.5 Å². The average Bonchev–Trinajstić information content (AvgIpc) is 3.09. The first kappa shape index (κ1) is 17.1. The Labute approximate surface area is 147 Å². The van der Waals surface area contributed by atoms with E-state index in [1.54, 1.807) is 21.8 Å². The van der Waals surface area contributed by atoms with Crippen molar-refractivity contribution in [2.45, 2.75) is 27.7 Å². The summed E-state index contributed by atoms with van der Waals surface area (Å²) in [5.74, 6) is 0.400. The van der Waals surface area contributed by atoms with Crippen LogP contribution in [0.5, 0.6) is 0 Å². The smallest absolute Gasteiger partial charge is 0.259 e. The van der Waals surface area contributed by atoms with Gasteiger partial charge in [-0.25, -0.2) is 4.98 Å². The molecule has 3 aromatic rings. The number of pyridine rings is 2. The second kappa shape index (κ2) is 7.04. The van der Waals surface area contributed by atoms with E-state index in [4.69, 9.17) is 0 Å². The molecule has 7 heteroatoms. The van der Waals surface area contributed by atoms with Crippen molar-refractivity contribution in [3.05, 3.63) is 30.2 Å². The Hall–Kier alpha value is -2.70. The molecule has 7 nitrogen and oxygen atoms in total. The summed E-state index contributed by atoms with van der Waals surface area (Å²) in [6.07, 6.45) is 3.34. The molecule has 0 unspecified atom stereocenters. The lowest BCUT2D eigenvalue weighted by Gasteiger charge is -2.22. The summed E-state index contributed by atoms with van der Waals surface area (Å²) in [7, 11) is 0. The first-order valence-electron chi connectivity index (χ1n) is 8.72. The molecule has 1 N–H and O–H groups in total. The molecule has 0 spiro atoms. The van der Waals surface area contributed by atoms with Gasteiger partial charge in [-0.1, -0.05) is 13.8 Å². The fraction of sp³-hybridized carbons (Fsp3) is 0.444. The van der Waals surface area contributed by atoms with Gasteiger partial charge in [0.05, 0.1) is 5.69 Å². The lowest BCUT2D eigenvalue weighted by atomic mass is 10.1. The number of anilines is 1. The van der Waals surface area contributed by atoms with Crippen LogP contribution in [0.4, 0.5) is 5.69 Å². The third kappa shape index (κ3) is 3.01. The fourth-order valence-electron chi connectivity index (χ4n) is 2.95. The predicted molar refractivity (Wildman–Crippen MR) is 98.9 cm³/mol. The van der Waals surface area contributed by atoms with Crippen LogP contribution in [-0.4, -0.2) is 50.0 Å². The number of fused-ring (bicyclic) bond motifs is 3. The zero-order chi connectivity index (χ0) is 18.0. The number of hydrogen-bond donors (Lipinski definition) is 1. The maximum atomic E-state index is 13.2. The fourth-order valence-corrected chi connectivity index (χ4v) is 2.95. The van der Waals surface area contributed by atoms with Gasteiger partial charge in [-0.2, -0.15) is 0 Å². The van der Waals surface area contributed by atoms with E-state index in [2.05, 4.69) is 34.3 Å². The van der Waals surface area contributed by atoms with Gasteiger partial charge in [0.15, 0.2) is 5.65 Å². The highest BCUT2D eigenvalue weighted by Crippen LogP contribution is 2.30. The molecule has 3 rings (SSSR count). The van der Waals surface area contributed by atoms with E-state index in [0.717, 1.165) is 23.3 Å². The molecule has 3 heterocycles. The maximum Gasteiger partial charge on any atom is 0.259 e. The van der Waals surface area contributed by atoms with Crippen LogP contribution in [0.25, 0.3) is 16.7 Å². The summed E-state index contributed by atoms with van der Waals surface area (Å²) in [6, 6.07) is 3.86. The Morgan fingerprint density at radius 1 is 1.28 bits per heavy atom. The Morgan fingerprint density at radius 2 is 2.04 bits per heavy atom. The standard InChI is InChI=1S/C18H24N6O/c1-5-23(6-2)18(25)14-15(20-10-12(3)4)13-8-7-9-19-16(13)24-11-21-22-17(14)24/h7-9,11-12,20H,5-6,10H2,1-4H3. The number of carbonyl (C=O) groups excluding carboxylic acids is 1. The van der Waals surface area contributed by atoms with Crippen molar-refractivity contribution >= 4 is 28.3 Å². The molecular formula is C18H24N6O. The van der Waals surface area contributed by atoms with Crippen LogP contribution in [0.15, 0.2) is 24.7 Å². The summed E-state index contributed by atoms with van der Waals surface area (Å²) in [4.78, 5) is 19.5. The van der Waals surface area contributed by atoms with Crippen molar-refractivity contribution in [2.75, 3.05) is 25.0 Å². The van der Waals surface area contributed by atoms with Gasteiger partial charge in [0.25, 0.3) is 5.91 Å². The highest BCUT2D eigenvalue weighted by atomic mass is 16.2. The highest BCUT2D eigenvalue weighted by Gasteiger charge is 2.25. The molecule has 0 saturated carbocycles. The summed E-state index contributed by atoms with van der Waals surface area (Å²) in [5, 5.41) is 12.6. The zero-order valence-corrected chi connectivity index (χ0v) is 15.2. The summed E-state index contributed by atoms with van der Waals surface area (Å²) in [5.41, 5.74) is 2.62. The first-order valence-corrected chi connectivity index (χ1v) is 8.72. The van der Waals surface area contributed by atoms with E-state index < -0.39 is 0 Å². The Morgan fingerprint density at radius 3 is 2.72 bits per heavy atom. The minimum atomic E-state index is -0.0417. The number of amides is 1. The molecule has 0 bridgehead atoms. The number of aromatic nitrogens is 4. The lowest BCUT2D eigenvalue weighted by molar-refractivity contribution is 0.0775. The van der Waals surface area contributed by atoms with E-state index in [0.29, 0.717) is 30.2 Å². The van der Waals surface area contributed by atoms with E-state index in [9.17, 15) is 4.79 Å². The Balaban J connectivity index is 2.31. The highest BCUT2D eigenvalue weighted by molar-refractivity contribution is 6.11. The van der Waals surface area contributed by atoms with Crippen molar-refractivity contribution in [2.24, 2.45) is 5.92 Å². The molecule has 0 aliphatic carbocycles. The van der Waals surface area contributed by atoms with Crippen molar-refractivity contribution in [3.63, 3.8) is 0 Å². The Bertz CT molecular complexity index is 897. The summed E-state index contributed by atoms with van der Waals surface area (Å²) in [6.45, 7) is 10.3. The molecule has 1 amide bonds. The zero-order valence-electron chi connectivity index (χ0n) is 15.2. The van der Waals surface area contributed by atoms with E-state index in [1.807, 2.05) is 26.0 Å². The third-order valence-corrected chi connectivity index (χ3v) is 4.26. The molecular weight excluding hydrogens is 316 g/mol. The molecule has 0 radical (unpaired) electrons. The quantitative estimate of drug-likeness (QED) is 0.747. The first-order chi connectivity index (χ1) is 12.1. The minimum Gasteiger partial charge on any atom is -0.383 e. The molecule has 0 aliphatic rings. The topological polar surface area (TPSA) is 75.4 Å². The maximum absolute atomic E-state index is 13.2. The number of carbonyl (C=O) groups is 1. The summed E-state index contributed by atoms with van der Waals surface area (Å²) < 4.78 is 1.78. The van der Waals surface area contributed by atoms with Crippen LogP contribution in [-0.2, 0) is 0 Å². The largest absolute Gasteiger partial charge is 0.383 e. The normalized spacial score (nSPS) is 11.4. The van der Waals surface area contributed by atoms with Gasteiger partial charge in [0, 0.05) is 31.2 Å². The van der Waals surface area contributed by atoms with Crippen molar-refractivity contribution in [3.8, 4) is 0 Å². The second-order valence-corrected chi connectivity index (χ2v) is 6.40. The SMILES string of the molecule is CCN(CC)C(=O)c1c(NCC(C)C)c2cccnc2n2cnnc12. The molecule has 0 atom stereocenters. The molecule has 0 aliphatic heterocycles. The molecule has 132 valence electrons. The van der Waals surface area contributed by atoms with Crippen molar-refractivity contribution < 1.29 is 4.79 Å². The number of rotatable bonds is 6. The van der Waals surface area contributed by atoms with Crippen LogP contribution < -0.4 is 5.32 Å². The van der Waals surface area contributed by atoms with Gasteiger partial charge >= 0.3 is 0 Å². The molecule has 0 fully saturated rings. The van der Waals surface area contributed by atoms with Crippen LogP contribution in [0.1, 0.15) is 38.1 Å². The van der Waals surface area contributed by atoms with Crippen molar-refractivity contribution in [1.29, 1.82) is 0 Å². The Kier molecular flexibility index (Phi) is 4.83. The van der Waals surface area contributed by atoms with Gasteiger partial charge in [-0.15, -0.1) is 10.2 Å². The van der Waals surface area contributed by atoms with Gasteiger partial charge < -0.3 is 10.2 Å². The molecule has 0 saturated heterocycles. The lowest BCUT2D eigenvalue weighted by Crippen LogP contribution is -2.32. The third-order valence-electron chi connectivity index (χ3n) is 4.26. The van der Waals surface area contributed by atoms with E-state index in [-0.39, 0.29) is 5.91 Å². The van der Waals surface area contributed by atoms with Gasteiger partial charge in [0.2, 0.25) is 0 Å². The molecule has 0 aromatic carbocycles. The van der Waals surface area contributed by atoms with Crippen LogP contribution in [0, 0.1) is 5.92 Å². The molecule has 3 aromatic heterocycles. The van der Waals surface area contributed by atoms with E-state index in [1.165, 1.54) is 0 Å². The number of nitrogens with zero attached hydrogens (tertiary/aromatic N) is 5. The summed E-state index contributed by atoms with van der Waals surface area (Å²) >= 11 is 0. The van der Waals surface area contributed by atoms with Gasteiger partial charge in [-0.05, 0) is 31.9 Å². The van der Waals surface area contributed by atoms with Crippen LogP contribution >= 0.6 is 0 Å². The minimum absolute atomic E-state index is 0.0417. The van der Waals surface area contributed by atoms with E-state index >= 15 is 0 Å². The van der Waals surface area contributed by atoms with Crippen LogP contribution in [0.2, 0.25) is 0 Å². The van der Waals surface area contributed by atoms with Gasteiger partial charge in [-0.3, -0.25) is 9.20 Å². The number of hydrogen-bond acceptors (Lipinski definition) is 5. The number of nitrogens with one attached hydrogen (secondary N) is 1. The van der Waals surface area contributed by atoms with Crippen LogP contribution in [0.3, 0.4) is 0 Å². The monoisotopic (exact) mass is 340 g/mol. The average molecular weight is 340 g/mol. The predicted octanol–water partition coefficient (Wildman–Crippen LogP) is 2.83.